The summed E-state index contributed by atoms with van der Waals surface area (Å²) in [6, 6.07) is 10.8. The van der Waals surface area contributed by atoms with Crippen LogP contribution >= 0.6 is 12.4 Å². The SMILES string of the molecule is Cl.NC1CCN(Cc2cccc3cccnc23)C1. The lowest BCUT2D eigenvalue weighted by atomic mass is 10.1. The number of nitrogens with two attached hydrogens (primary N) is 1. The summed E-state index contributed by atoms with van der Waals surface area (Å²) in [6.07, 6.45) is 2.97. The zero-order valence-electron chi connectivity index (χ0n) is 10.2. The van der Waals surface area contributed by atoms with E-state index in [4.69, 9.17) is 5.73 Å². The summed E-state index contributed by atoms with van der Waals surface area (Å²) in [6.45, 7) is 3.07. The highest BCUT2D eigenvalue weighted by atomic mass is 35.5. The van der Waals surface area contributed by atoms with Crippen LogP contribution in [0.3, 0.4) is 0 Å². The smallest absolute Gasteiger partial charge is 0.0746 e. The number of hydrogen-bond acceptors (Lipinski definition) is 3. The molecule has 0 spiro atoms. The number of para-hydroxylation sites is 1. The highest BCUT2D eigenvalue weighted by Gasteiger charge is 2.19. The molecule has 3 nitrogen and oxygen atoms in total. The van der Waals surface area contributed by atoms with Crippen LogP contribution in [0.1, 0.15) is 12.0 Å². The number of likely N-dealkylation sites (tertiary alicyclic amines) is 1. The maximum Gasteiger partial charge on any atom is 0.0746 e. The highest BCUT2D eigenvalue weighted by Crippen LogP contribution is 2.19. The molecule has 0 bridgehead atoms. The van der Waals surface area contributed by atoms with Gasteiger partial charge in [-0.15, -0.1) is 12.4 Å². The molecule has 1 aliphatic rings. The molecule has 1 aliphatic heterocycles. The van der Waals surface area contributed by atoms with E-state index in [0.717, 1.165) is 31.6 Å². The van der Waals surface area contributed by atoms with Gasteiger partial charge in [-0.3, -0.25) is 9.88 Å². The Labute approximate surface area is 113 Å². The maximum atomic E-state index is 5.93. The van der Waals surface area contributed by atoms with Gasteiger partial charge in [-0.25, -0.2) is 0 Å². The van der Waals surface area contributed by atoms with Crippen molar-refractivity contribution < 1.29 is 0 Å². The van der Waals surface area contributed by atoms with Gasteiger partial charge < -0.3 is 5.73 Å². The van der Waals surface area contributed by atoms with E-state index >= 15 is 0 Å². The standard InChI is InChI=1S/C14H17N3.ClH/c15-13-6-8-17(10-13)9-12-4-1-3-11-5-2-7-16-14(11)12;/h1-5,7,13H,6,8-10,15H2;1H. The summed E-state index contributed by atoms with van der Waals surface area (Å²) >= 11 is 0. The Morgan fingerprint density at radius 1 is 1.28 bits per heavy atom. The van der Waals surface area contributed by atoms with Crippen LogP contribution in [0.15, 0.2) is 36.5 Å². The predicted molar refractivity (Wildman–Crippen MR) is 76.9 cm³/mol. The van der Waals surface area contributed by atoms with Crippen molar-refractivity contribution in [3.8, 4) is 0 Å². The number of aromatic nitrogens is 1. The van der Waals surface area contributed by atoms with Gasteiger partial charge in [-0.05, 0) is 18.1 Å². The summed E-state index contributed by atoms with van der Waals surface area (Å²) in [5.41, 5.74) is 8.36. The number of fused-ring (bicyclic) bond motifs is 1. The first-order valence-electron chi connectivity index (χ1n) is 6.13. The Balaban J connectivity index is 0.00000120. The van der Waals surface area contributed by atoms with Crippen LogP contribution in [0.5, 0.6) is 0 Å². The van der Waals surface area contributed by atoms with Crippen molar-refractivity contribution in [3.63, 3.8) is 0 Å². The minimum atomic E-state index is 0. The van der Waals surface area contributed by atoms with E-state index in [1.807, 2.05) is 12.3 Å². The molecule has 0 radical (unpaired) electrons. The van der Waals surface area contributed by atoms with Crippen molar-refractivity contribution in [1.29, 1.82) is 0 Å². The normalized spacial score (nSPS) is 19.9. The van der Waals surface area contributed by atoms with Crippen molar-refractivity contribution in [3.05, 3.63) is 42.1 Å². The number of hydrogen-bond donors (Lipinski definition) is 1. The molecular formula is C14H18ClN3. The van der Waals surface area contributed by atoms with E-state index in [9.17, 15) is 0 Å². The third-order valence-electron chi connectivity index (χ3n) is 3.42. The molecule has 0 amide bonds. The van der Waals surface area contributed by atoms with Crippen LogP contribution < -0.4 is 5.73 Å². The molecule has 1 saturated heterocycles. The van der Waals surface area contributed by atoms with Crippen molar-refractivity contribution >= 4 is 23.3 Å². The summed E-state index contributed by atoms with van der Waals surface area (Å²) in [7, 11) is 0. The van der Waals surface area contributed by atoms with Crippen LogP contribution in [0.25, 0.3) is 10.9 Å². The van der Waals surface area contributed by atoms with E-state index in [1.165, 1.54) is 10.9 Å². The number of halogens is 1. The van der Waals surface area contributed by atoms with Crippen LogP contribution in [0.4, 0.5) is 0 Å². The fraction of sp³-hybridized carbons (Fsp3) is 0.357. The molecule has 4 heteroatoms. The van der Waals surface area contributed by atoms with Gasteiger partial charge in [0.1, 0.15) is 0 Å². The molecule has 96 valence electrons. The molecule has 0 aliphatic carbocycles. The molecule has 2 aromatic rings. The first kappa shape index (κ1) is 13.3. The third-order valence-corrected chi connectivity index (χ3v) is 3.42. The van der Waals surface area contributed by atoms with E-state index in [0.29, 0.717) is 6.04 Å². The van der Waals surface area contributed by atoms with Crippen LogP contribution in [-0.2, 0) is 6.54 Å². The largest absolute Gasteiger partial charge is 0.326 e. The van der Waals surface area contributed by atoms with Crippen LogP contribution in [-0.4, -0.2) is 29.0 Å². The average molecular weight is 264 g/mol. The Hall–Kier alpha value is -1.16. The minimum Gasteiger partial charge on any atom is -0.326 e. The van der Waals surface area contributed by atoms with Crippen molar-refractivity contribution in [2.75, 3.05) is 13.1 Å². The molecule has 1 aromatic carbocycles. The van der Waals surface area contributed by atoms with E-state index in [1.54, 1.807) is 0 Å². The van der Waals surface area contributed by atoms with Crippen LogP contribution in [0.2, 0.25) is 0 Å². The fourth-order valence-corrected chi connectivity index (χ4v) is 2.54. The lowest BCUT2D eigenvalue weighted by Gasteiger charge is -2.16. The summed E-state index contributed by atoms with van der Waals surface area (Å²) in [4.78, 5) is 6.90. The van der Waals surface area contributed by atoms with E-state index in [-0.39, 0.29) is 12.4 Å². The molecule has 1 aromatic heterocycles. The van der Waals surface area contributed by atoms with Gasteiger partial charge in [0, 0.05) is 37.3 Å². The molecule has 0 saturated carbocycles. The summed E-state index contributed by atoms with van der Waals surface area (Å²) in [5, 5.41) is 1.22. The Bertz CT molecular complexity index is 524. The van der Waals surface area contributed by atoms with Gasteiger partial charge in [0.2, 0.25) is 0 Å². The van der Waals surface area contributed by atoms with Gasteiger partial charge >= 0.3 is 0 Å². The molecular weight excluding hydrogens is 246 g/mol. The zero-order valence-corrected chi connectivity index (χ0v) is 11.1. The second-order valence-electron chi connectivity index (χ2n) is 4.78. The number of rotatable bonds is 2. The summed E-state index contributed by atoms with van der Waals surface area (Å²) < 4.78 is 0. The average Bonchev–Trinajstić information content (AvgIpc) is 2.75. The second-order valence-corrected chi connectivity index (χ2v) is 4.78. The Morgan fingerprint density at radius 2 is 2.11 bits per heavy atom. The molecule has 1 fully saturated rings. The maximum absolute atomic E-state index is 5.93. The van der Waals surface area contributed by atoms with Gasteiger partial charge in [-0.1, -0.05) is 24.3 Å². The van der Waals surface area contributed by atoms with Gasteiger partial charge in [-0.2, -0.15) is 0 Å². The molecule has 18 heavy (non-hydrogen) atoms. The predicted octanol–water partition coefficient (Wildman–Crippen LogP) is 2.19. The first-order chi connectivity index (χ1) is 8.33. The fourth-order valence-electron chi connectivity index (χ4n) is 2.54. The lowest BCUT2D eigenvalue weighted by molar-refractivity contribution is 0.328. The van der Waals surface area contributed by atoms with Crippen LogP contribution in [0, 0.1) is 0 Å². The van der Waals surface area contributed by atoms with Crippen molar-refractivity contribution in [2.24, 2.45) is 5.73 Å². The topological polar surface area (TPSA) is 42.1 Å². The number of pyridine rings is 1. The molecule has 2 N–H and O–H groups in total. The van der Waals surface area contributed by atoms with Crippen molar-refractivity contribution in [1.82, 2.24) is 9.88 Å². The molecule has 1 unspecified atom stereocenters. The first-order valence-corrected chi connectivity index (χ1v) is 6.13. The summed E-state index contributed by atoms with van der Waals surface area (Å²) in [5.74, 6) is 0. The van der Waals surface area contributed by atoms with Gasteiger partial charge in [0.05, 0.1) is 5.52 Å². The zero-order chi connectivity index (χ0) is 11.7. The van der Waals surface area contributed by atoms with Crippen molar-refractivity contribution in [2.45, 2.75) is 19.0 Å². The Morgan fingerprint density at radius 3 is 2.89 bits per heavy atom. The van der Waals surface area contributed by atoms with Gasteiger partial charge in [0.15, 0.2) is 0 Å². The number of nitrogens with zero attached hydrogens (tertiary/aromatic N) is 2. The molecule has 3 rings (SSSR count). The second kappa shape index (κ2) is 5.65. The van der Waals surface area contributed by atoms with Gasteiger partial charge in [0.25, 0.3) is 0 Å². The third kappa shape index (κ3) is 2.64. The quantitative estimate of drug-likeness (QED) is 0.903. The number of benzene rings is 1. The van der Waals surface area contributed by atoms with E-state index in [2.05, 4.69) is 34.1 Å². The van der Waals surface area contributed by atoms with E-state index < -0.39 is 0 Å². The monoisotopic (exact) mass is 263 g/mol. The molecule has 1 atom stereocenters. The Kier molecular flexibility index (Phi) is 4.17. The molecule has 2 heterocycles. The minimum absolute atomic E-state index is 0. The highest BCUT2D eigenvalue weighted by molar-refractivity contribution is 5.85. The lowest BCUT2D eigenvalue weighted by Crippen LogP contribution is -2.26.